The molecule has 2 heterocycles. The van der Waals surface area contributed by atoms with Crippen molar-refractivity contribution in [3.63, 3.8) is 0 Å². The van der Waals surface area contributed by atoms with Crippen molar-refractivity contribution in [3.8, 4) is 0 Å². The Morgan fingerprint density at radius 1 is 1.07 bits per heavy atom. The number of sulfone groups is 1. The number of piperazine rings is 1. The van der Waals surface area contributed by atoms with Crippen molar-refractivity contribution in [1.82, 2.24) is 14.7 Å². The lowest BCUT2D eigenvalue weighted by molar-refractivity contribution is -0.136. The van der Waals surface area contributed by atoms with Gasteiger partial charge in [0.05, 0.1) is 23.6 Å². The fourth-order valence-electron chi connectivity index (χ4n) is 4.03. The molecule has 0 aromatic heterocycles. The summed E-state index contributed by atoms with van der Waals surface area (Å²) in [5, 5.41) is 0. The highest BCUT2D eigenvalue weighted by molar-refractivity contribution is 7.91. The van der Waals surface area contributed by atoms with E-state index in [1.54, 1.807) is 23.9 Å². The Bertz CT molecular complexity index is 837. The van der Waals surface area contributed by atoms with Gasteiger partial charge >= 0.3 is 6.03 Å². The van der Waals surface area contributed by atoms with E-state index in [1.807, 2.05) is 31.2 Å². The molecule has 2 saturated heterocycles. The lowest BCUT2D eigenvalue weighted by atomic mass is 10.0. The van der Waals surface area contributed by atoms with E-state index in [4.69, 9.17) is 0 Å². The minimum Gasteiger partial charge on any atom is -0.335 e. The quantitative estimate of drug-likeness (QED) is 0.765. The van der Waals surface area contributed by atoms with Crippen LogP contribution in [-0.2, 0) is 21.1 Å². The average Bonchev–Trinajstić information content (AvgIpc) is 2.94. The smallest absolute Gasteiger partial charge is 0.319 e. The van der Waals surface area contributed by atoms with Crippen LogP contribution >= 0.6 is 0 Å². The molecule has 0 unspecified atom stereocenters. The predicted octanol–water partition coefficient (Wildman–Crippen LogP) is 0.919. The van der Waals surface area contributed by atoms with Crippen molar-refractivity contribution in [2.45, 2.75) is 31.8 Å². The number of nitrogens with zero attached hydrogens (tertiary/aromatic N) is 3. The summed E-state index contributed by atoms with van der Waals surface area (Å²) >= 11 is 0. The molecule has 1 aromatic rings. The maximum Gasteiger partial charge on any atom is 0.319 e. The highest BCUT2D eigenvalue weighted by Gasteiger charge is 2.49. The van der Waals surface area contributed by atoms with Crippen LogP contribution in [0.4, 0.5) is 4.79 Å². The number of aryl methyl sites for hydroxylation is 2. The molecule has 0 aliphatic carbocycles. The van der Waals surface area contributed by atoms with Gasteiger partial charge in [-0.3, -0.25) is 4.79 Å². The number of carbonyl (C=O) groups excluding carboxylic acids is 2. The van der Waals surface area contributed by atoms with Crippen LogP contribution in [0.25, 0.3) is 0 Å². The third-order valence-electron chi connectivity index (χ3n) is 5.49. The first kappa shape index (κ1) is 19.7. The van der Waals surface area contributed by atoms with E-state index in [1.165, 1.54) is 4.90 Å². The molecule has 0 radical (unpaired) electrons. The molecule has 3 amide bonds. The molecule has 2 atom stereocenters. The van der Waals surface area contributed by atoms with E-state index in [2.05, 4.69) is 0 Å². The highest BCUT2D eigenvalue weighted by atomic mass is 32.2. The van der Waals surface area contributed by atoms with E-state index < -0.39 is 21.9 Å². The van der Waals surface area contributed by atoms with Gasteiger partial charge in [-0.2, -0.15) is 0 Å². The number of benzene rings is 1. The molecule has 0 saturated carbocycles. The third-order valence-corrected chi connectivity index (χ3v) is 7.19. The highest BCUT2D eigenvalue weighted by Crippen LogP contribution is 2.28. The van der Waals surface area contributed by atoms with E-state index in [0.29, 0.717) is 25.9 Å². The Kier molecular flexibility index (Phi) is 5.46. The van der Waals surface area contributed by atoms with Gasteiger partial charge in [-0.1, -0.05) is 24.3 Å². The van der Waals surface area contributed by atoms with Gasteiger partial charge < -0.3 is 14.7 Å². The van der Waals surface area contributed by atoms with Gasteiger partial charge in [-0.05, 0) is 24.5 Å². The van der Waals surface area contributed by atoms with Crippen LogP contribution in [0.2, 0.25) is 0 Å². The van der Waals surface area contributed by atoms with Crippen LogP contribution in [0, 0.1) is 6.92 Å². The molecule has 3 rings (SSSR count). The first-order valence-electron chi connectivity index (χ1n) is 9.22. The third kappa shape index (κ3) is 4.10. The summed E-state index contributed by atoms with van der Waals surface area (Å²) in [6, 6.07) is 6.85. The summed E-state index contributed by atoms with van der Waals surface area (Å²) in [5.74, 6) is -0.175. The van der Waals surface area contributed by atoms with Crippen molar-refractivity contribution in [3.05, 3.63) is 35.4 Å². The Morgan fingerprint density at radius 2 is 1.67 bits per heavy atom. The van der Waals surface area contributed by atoms with Gasteiger partial charge in [-0.15, -0.1) is 0 Å². The Balaban J connectivity index is 1.74. The SMILES string of the molecule is Cc1ccccc1CCC(=O)N1CCN(C(=O)N(C)C)[C@H]2CS(=O)(=O)C[C@H]21. The number of rotatable bonds is 3. The largest absolute Gasteiger partial charge is 0.335 e. The minimum absolute atomic E-state index is 0.0395. The molecule has 7 nitrogen and oxygen atoms in total. The molecular weight excluding hydrogens is 366 g/mol. The summed E-state index contributed by atoms with van der Waals surface area (Å²) in [6.07, 6.45) is 0.974. The van der Waals surface area contributed by atoms with E-state index in [0.717, 1.165) is 11.1 Å². The second-order valence-electron chi connectivity index (χ2n) is 7.60. The van der Waals surface area contributed by atoms with Crippen molar-refractivity contribution >= 4 is 21.8 Å². The number of carbonyl (C=O) groups is 2. The average molecular weight is 394 g/mol. The zero-order valence-corrected chi connectivity index (χ0v) is 16.9. The van der Waals surface area contributed by atoms with Crippen molar-refractivity contribution in [1.29, 1.82) is 0 Å². The van der Waals surface area contributed by atoms with Gasteiger partial charge in [0.1, 0.15) is 0 Å². The summed E-state index contributed by atoms with van der Waals surface area (Å²) in [4.78, 5) is 30.0. The van der Waals surface area contributed by atoms with Crippen LogP contribution < -0.4 is 0 Å². The molecule has 8 heteroatoms. The molecule has 0 spiro atoms. The molecule has 2 fully saturated rings. The summed E-state index contributed by atoms with van der Waals surface area (Å²) in [5.41, 5.74) is 2.27. The molecule has 0 bridgehead atoms. The zero-order chi connectivity index (χ0) is 19.8. The van der Waals surface area contributed by atoms with Crippen LogP contribution in [0.3, 0.4) is 0 Å². The van der Waals surface area contributed by atoms with Crippen LogP contribution in [0.5, 0.6) is 0 Å². The van der Waals surface area contributed by atoms with E-state index in [9.17, 15) is 18.0 Å². The van der Waals surface area contributed by atoms with Crippen LogP contribution in [-0.4, -0.2) is 85.8 Å². The fourth-order valence-corrected chi connectivity index (χ4v) is 6.01. The Morgan fingerprint density at radius 3 is 2.30 bits per heavy atom. The molecule has 0 N–H and O–H groups in total. The van der Waals surface area contributed by atoms with Gasteiger partial charge in [0.2, 0.25) is 5.91 Å². The monoisotopic (exact) mass is 393 g/mol. The molecule has 148 valence electrons. The number of hydrogen-bond acceptors (Lipinski definition) is 4. The first-order chi connectivity index (χ1) is 12.7. The molecule has 2 aliphatic rings. The molecule has 1 aromatic carbocycles. The summed E-state index contributed by atoms with van der Waals surface area (Å²) in [6.45, 7) is 2.76. The first-order valence-corrected chi connectivity index (χ1v) is 11.0. The zero-order valence-electron chi connectivity index (χ0n) is 16.1. The molecule has 2 aliphatic heterocycles. The van der Waals surface area contributed by atoms with E-state index >= 15 is 0 Å². The molecular formula is C19H27N3O4S. The van der Waals surface area contributed by atoms with Crippen molar-refractivity contribution in [2.75, 3.05) is 38.7 Å². The Hall–Kier alpha value is -2.09. The van der Waals surface area contributed by atoms with Crippen LogP contribution in [0.1, 0.15) is 17.5 Å². The Labute approximate surface area is 160 Å². The minimum atomic E-state index is -3.27. The molecule has 27 heavy (non-hydrogen) atoms. The second kappa shape index (κ2) is 7.50. The summed E-state index contributed by atoms with van der Waals surface area (Å²) < 4.78 is 24.5. The lowest BCUT2D eigenvalue weighted by Gasteiger charge is -2.44. The number of hydrogen-bond donors (Lipinski definition) is 0. The number of fused-ring (bicyclic) bond motifs is 1. The summed E-state index contributed by atoms with van der Waals surface area (Å²) in [7, 11) is 0.0390. The van der Waals surface area contributed by atoms with Gasteiger partial charge in [0.15, 0.2) is 9.84 Å². The topological polar surface area (TPSA) is 78.0 Å². The maximum absolute atomic E-state index is 12.9. The second-order valence-corrected chi connectivity index (χ2v) is 9.75. The van der Waals surface area contributed by atoms with E-state index in [-0.39, 0.29) is 23.4 Å². The van der Waals surface area contributed by atoms with Crippen molar-refractivity contribution in [2.24, 2.45) is 0 Å². The lowest BCUT2D eigenvalue weighted by Crippen LogP contribution is -2.63. The maximum atomic E-state index is 12.9. The normalized spacial score (nSPS) is 23.8. The standard InChI is InChI=1S/C19H27N3O4S/c1-14-6-4-5-7-15(14)8-9-18(23)21-10-11-22(19(24)20(2)3)17-13-27(25,26)12-16(17)21/h4-7,16-17H,8-13H2,1-3H3/t16-,17+/m1/s1. The van der Waals surface area contributed by atoms with Gasteiger partial charge in [0.25, 0.3) is 0 Å². The fraction of sp³-hybridized carbons (Fsp3) is 0.579. The van der Waals surface area contributed by atoms with Gasteiger partial charge in [-0.25, -0.2) is 13.2 Å². The van der Waals surface area contributed by atoms with Crippen LogP contribution in [0.15, 0.2) is 24.3 Å². The number of amides is 3. The predicted molar refractivity (Wildman–Crippen MR) is 103 cm³/mol. The van der Waals surface area contributed by atoms with Crippen molar-refractivity contribution < 1.29 is 18.0 Å². The van der Waals surface area contributed by atoms with Gasteiger partial charge in [0, 0.05) is 33.6 Å². The number of urea groups is 1.